The van der Waals surface area contributed by atoms with E-state index in [2.05, 4.69) is 5.32 Å². The number of nitrogens with one attached hydrogen (secondary N) is 1. The van der Waals surface area contributed by atoms with Gasteiger partial charge in [0.2, 0.25) is 0 Å². The summed E-state index contributed by atoms with van der Waals surface area (Å²) in [6, 6.07) is 9.78. The lowest BCUT2D eigenvalue weighted by Crippen LogP contribution is -2.29. The van der Waals surface area contributed by atoms with Crippen LogP contribution in [0.3, 0.4) is 0 Å². The van der Waals surface area contributed by atoms with Crippen LogP contribution in [0.5, 0.6) is 0 Å². The molecule has 7 heteroatoms. The molecule has 0 saturated heterocycles. The van der Waals surface area contributed by atoms with Gasteiger partial charge in [-0.15, -0.1) is 11.3 Å². The molecule has 0 saturated carbocycles. The predicted molar refractivity (Wildman–Crippen MR) is 84.3 cm³/mol. The lowest BCUT2D eigenvalue weighted by atomic mass is 10.3. The van der Waals surface area contributed by atoms with Crippen molar-refractivity contribution in [3.05, 3.63) is 50.6 Å². The van der Waals surface area contributed by atoms with Crippen LogP contribution < -0.4 is 5.32 Å². The molecule has 110 valence electrons. The molecule has 0 aliphatic heterocycles. The highest BCUT2D eigenvalue weighted by molar-refractivity contribution is 7.17. The van der Waals surface area contributed by atoms with Gasteiger partial charge in [-0.05, 0) is 43.3 Å². The Hall–Kier alpha value is -1.56. The second-order valence-corrected chi connectivity index (χ2v) is 6.30. The maximum Gasteiger partial charge on any atom is 0.349 e. The van der Waals surface area contributed by atoms with Crippen LogP contribution in [0.2, 0.25) is 9.36 Å². The van der Waals surface area contributed by atoms with Gasteiger partial charge in [-0.1, -0.05) is 23.2 Å². The van der Waals surface area contributed by atoms with Gasteiger partial charge in [0, 0.05) is 10.7 Å². The summed E-state index contributed by atoms with van der Waals surface area (Å²) in [7, 11) is 0. The molecule has 1 aromatic heterocycles. The van der Waals surface area contributed by atoms with Crippen LogP contribution in [0, 0.1) is 0 Å². The molecule has 1 aromatic carbocycles. The Morgan fingerprint density at radius 3 is 2.38 bits per heavy atom. The molecule has 0 spiro atoms. The van der Waals surface area contributed by atoms with Crippen LogP contribution in [0.1, 0.15) is 16.6 Å². The molecular weight excluding hydrogens is 333 g/mol. The van der Waals surface area contributed by atoms with Crippen molar-refractivity contribution < 1.29 is 14.3 Å². The van der Waals surface area contributed by atoms with E-state index in [4.69, 9.17) is 27.9 Å². The van der Waals surface area contributed by atoms with Crippen LogP contribution in [-0.2, 0) is 9.53 Å². The fourth-order valence-corrected chi connectivity index (χ4v) is 2.53. The Kier molecular flexibility index (Phi) is 5.22. The minimum Gasteiger partial charge on any atom is -0.448 e. The smallest absolute Gasteiger partial charge is 0.349 e. The molecule has 21 heavy (non-hydrogen) atoms. The summed E-state index contributed by atoms with van der Waals surface area (Å²) in [6.45, 7) is 1.50. The molecule has 4 nitrogen and oxygen atoms in total. The number of carbonyl (C=O) groups is 2. The molecule has 1 amide bonds. The van der Waals surface area contributed by atoms with E-state index in [0.29, 0.717) is 19.9 Å². The fraction of sp³-hybridized carbons (Fsp3) is 0.143. The molecule has 1 N–H and O–H groups in total. The summed E-state index contributed by atoms with van der Waals surface area (Å²) in [5, 5.41) is 3.20. The SMILES string of the molecule is CC(OC(=O)c1ccc(Cl)s1)C(=O)Nc1ccc(Cl)cc1. The van der Waals surface area contributed by atoms with Crippen molar-refractivity contribution >= 4 is 52.1 Å². The van der Waals surface area contributed by atoms with Gasteiger partial charge in [0.15, 0.2) is 6.10 Å². The van der Waals surface area contributed by atoms with Gasteiger partial charge in [-0.25, -0.2) is 4.79 Å². The van der Waals surface area contributed by atoms with E-state index in [-0.39, 0.29) is 0 Å². The van der Waals surface area contributed by atoms with Gasteiger partial charge in [0.05, 0.1) is 4.34 Å². The number of hydrogen-bond acceptors (Lipinski definition) is 4. The second kappa shape index (κ2) is 6.93. The number of benzene rings is 1. The number of ether oxygens (including phenoxy) is 1. The van der Waals surface area contributed by atoms with Crippen LogP contribution in [-0.4, -0.2) is 18.0 Å². The summed E-state index contributed by atoms with van der Waals surface area (Å²) in [5.74, 6) is -1.00. The molecule has 2 aromatic rings. The van der Waals surface area contributed by atoms with Gasteiger partial charge in [0.25, 0.3) is 5.91 Å². The van der Waals surface area contributed by atoms with Crippen molar-refractivity contribution in [1.29, 1.82) is 0 Å². The van der Waals surface area contributed by atoms with Gasteiger partial charge >= 0.3 is 5.97 Å². The number of rotatable bonds is 4. The maximum absolute atomic E-state index is 11.9. The largest absolute Gasteiger partial charge is 0.448 e. The Labute approximate surface area is 135 Å². The van der Waals surface area contributed by atoms with Crippen LogP contribution >= 0.6 is 34.5 Å². The van der Waals surface area contributed by atoms with E-state index in [1.165, 1.54) is 6.92 Å². The van der Waals surface area contributed by atoms with Crippen LogP contribution in [0.25, 0.3) is 0 Å². The topological polar surface area (TPSA) is 55.4 Å². The van der Waals surface area contributed by atoms with Crippen molar-refractivity contribution in [2.24, 2.45) is 0 Å². The first-order chi connectivity index (χ1) is 9.95. The summed E-state index contributed by atoms with van der Waals surface area (Å²) >= 11 is 12.6. The average molecular weight is 344 g/mol. The molecule has 0 aliphatic carbocycles. The van der Waals surface area contributed by atoms with E-state index in [1.54, 1.807) is 36.4 Å². The van der Waals surface area contributed by atoms with Gasteiger partial charge < -0.3 is 10.1 Å². The zero-order valence-electron chi connectivity index (χ0n) is 10.9. The molecule has 0 radical (unpaired) electrons. The first kappa shape index (κ1) is 15.8. The molecule has 1 heterocycles. The van der Waals surface area contributed by atoms with Crippen molar-refractivity contribution in [2.45, 2.75) is 13.0 Å². The quantitative estimate of drug-likeness (QED) is 0.844. The first-order valence-electron chi connectivity index (χ1n) is 5.98. The molecule has 1 unspecified atom stereocenters. The molecule has 1 atom stereocenters. The van der Waals surface area contributed by atoms with Crippen LogP contribution in [0.4, 0.5) is 5.69 Å². The highest BCUT2D eigenvalue weighted by Crippen LogP contribution is 2.22. The molecule has 0 fully saturated rings. The van der Waals surface area contributed by atoms with E-state index in [9.17, 15) is 9.59 Å². The Morgan fingerprint density at radius 1 is 1.14 bits per heavy atom. The number of anilines is 1. The number of halogens is 2. The van der Waals surface area contributed by atoms with Crippen LogP contribution in [0.15, 0.2) is 36.4 Å². The number of esters is 1. The van der Waals surface area contributed by atoms with Gasteiger partial charge in [0.1, 0.15) is 4.88 Å². The minimum atomic E-state index is -0.922. The van der Waals surface area contributed by atoms with E-state index < -0.39 is 18.0 Å². The summed E-state index contributed by atoms with van der Waals surface area (Å²) in [5.41, 5.74) is 0.575. The third-order valence-electron chi connectivity index (χ3n) is 2.54. The van der Waals surface area contributed by atoms with Crippen molar-refractivity contribution in [1.82, 2.24) is 0 Å². The van der Waals surface area contributed by atoms with Crippen molar-refractivity contribution in [2.75, 3.05) is 5.32 Å². The maximum atomic E-state index is 11.9. The molecule has 2 rings (SSSR count). The Morgan fingerprint density at radius 2 is 1.81 bits per heavy atom. The lowest BCUT2D eigenvalue weighted by Gasteiger charge is -2.13. The highest BCUT2D eigenvalue weighted by atomic mass is 35.5. The first-order valence-corrected chi connectivity index (χ1v) is 7.55. The standard InChI is InChI=1S/C14H11Cl2NO3S/c1-8(20-14(19)11-6-7-12(16)21-11)13(18)17-10-4-2-9(15)3-5-10/h2-8H,1H3,(H,17,18). The van der Waals surface area contributed by atoms with Gasteiger partial charge in [-0.2, -0.15) is 0 Å². The highest BCUT2D eigenvalue weighted by Gasteiger charge is 2.20. The van der Waals surface area contributed by atoms with E-state index >= 15 is 0 Å². The third kappa shape index (κ3) is 4.46. The fourth-order valence-electron chi connectivity index (χ4n) is 1.47. The summed E-state index contributed by atoms with van der Waals surface area (Å²) in [6.07, 6.45) is -0.922. The van der Waals surface area contributed by atoms with Crippen molar-refractivity contribution in [3.8, 4) is 0 Å². The molecular formula is C14H11Cl2NO3S. The number of hydrogen-bond donors (Lipinski definition) is 1. The average Bonchev–Trinajstić information content (AvgIpc) is 2.88. The van der Waals surface area contributed by atoms with E-state index in [0.717, 1.165) is 11.3 Å². The number of carbonyl (C=O) groups excluding carboxylic acids is 2. The van der Waals surface area contributed by atoms with Crippen molar-refractivity contribution in [3.63, 3.8) is 0 Å². The lowest BCUT2D eigenvalue weighted by molar-refractivity contribution is -0.123. The zero-order chi connectivity index (χ0) is 15.4. The molecule has 0 bridgehead atoms. The predicted octanol–water partition coefficient (Wildman–Crippen LogP) is 4.24. The normalized spacial score (nSPS) is 11.8. The Balaban J connectivity index is 1.93. The zero-order valence-corrected chi connectivity index (χ0v) is 13.3. The Bertz CT molecular complexity index is 654. The monoisotopic (exact) mass is 343 g/mol. The van der Waals surface area contributed by atoms with Gasteiger partial charge in [-0.3, -0.25) is 4.79 Å². The third-order valence-corrected chi connectivity index (χ3v) is 4.00. The summed E-state index contributed by atoms with van der Waals surface area (Å²) in [4.78, 5) is 24.1. The van der Waals surface area contributed by atoms with E-state index in [1.807, 2.05) is 0 Å². The second-order valence-electron chi connectivity index (χ2n) is 4.15. The minimum absolute atomic E-state index is 0.353. The molecule has 0 aliphatic rings. The number of amides is 1. The number of thiophene rings is 1. The summed E-state index contributed by atoms with van der Waals surface area (Å²) < 4.78 is 5.57.